The van der Waals surface area contributed by atoms with Gasteiger partial charge in [0.05, 0.1) is 22.3 Å². The van der Waals surface area contributed by atoms with Gasteiger partial charge in [0, 0.05) is 27.3 Å². The van der Waals surface area contributed by atoms with Crippen LogP contribution in [0.3, 0.4) is 0 Å². The predicted octanol–water partition coefficient (Wildman–Crippen LogP) is 13.2. The highest BCUT2D eigenvalue weighted by atomic mass is 16.4. The average molecular weight is 651 g/mol. The Labute approximate surface area is 291 Å². The van der Waals surface area contributed by atoms with E-state index >= 15 is 0 Å². The van der Waals surface area contributed by atoms with Gasteiger partial charge in [-0.05, 0) is 83.5 Å². The summed E-state index contributed by atoms with van der Waals surface area (Å²) >= 11 is 0. The number of hydrogen-bond donors (Lipinski definition) is 0. The first-order valence-electron chi connectivity index (χ1n) is 17.5. The minimum atomic E-state index is 0.274. The average Bonchev–Trinajstić information content (AvgIpc) is 3.83. The van der Waals surface area contributed by atoms with Crippen molar-refractivity contribution in [3.63, 3.8) is 0 Å². The van der Waals surface area contributed by atoms with Crippen LogP contribution < -0.4 is 0 Å². The van der Waals surface area contributed by atoms with Crippen LogP contribution >= 0.6 is 0 Å². The summed E-state index contributed by atoms with van der Waals surface area (Å²) in [6.07, 6.45) is 0. The van der Waals surface area contributed by atoms with Gasteiger partial charge in [-0.3, -0.25) is 4.57 Å². The number of rotatable bonds is 6. The molecule has 0 fully saturated rings. The van der Waals surface area contributed by atoms with Crippen molar-refractivity contribution in [1.82, 2.24) is 9.55 Å². The summed E-state index contributed by atoms with van der Waals surface area (Å²) in [5.41, 5.74) is 13.7. The number of hydrogen-bond acceptors (Lipinski definition) is 3. The molecule has 0 aliphatic carbocycles. The SMILES string of the molecule is Cc1c(-c2ccccc2)oc2c1ccc1c3cccc(-c4nc5ccccc5n4-c4c(C(C)C)cc(-c5ccccc5)cc4C(C)C)c3oc12. The van der Waals surface area contributed by atoms with Crippen LogP contribution in [0.5, 0.6) is 0 Å². The van der Waals surface area contributed by atoms with Crippen LogP contribution in [-0.2, 0) is 0 Å². The molecular formula is C46H38N2O2. The molecule has 0 saturated carbocycles. The Morgan fingerprint density at radius 2 is 1.14 bits per heavy atom. The minimum Gasteiger partial charge on any atom is -0.452 e. The smallest absolute Gasteiger partial charge is 0.178 e. The van der Waals surface area contributed by atoms with E-state index in [1.165, 1.54) is 27.9 Å². The van der Waals surface area contributed by atoms with Crippen molar-refractivity contribution in [2.45, 2.75) is 46.5 Å². The van der Waals surface area contributed by atoms with Crippen LogP contribution in [0.25, 0.3) is 83.5 Å². The van der Waals surface area contributed by atoms with Crippen molar-refractivity contribution in [2.75, 3.05) is 0 Å². The molecule has 244 valence electrons. The Balaban J connectivity index is 1.34. The third kappa shape index (κ3) is 4.63. The molecule has 4 heteroatoms. The van der Waals surface area contributed by atoms with E-state index in [-0.39, 0.29) is 11.8 Å². The molecule has 0 spiro atoms. The number of benzene rings is 6. The fourth-order valence-electron chi connectivity index (χ4n) is 7.62. The zero-order valence-electron chi connectivity index (χ0n) is 29.0. The zero-order valence-corrected chi connectivity index (χ0v) is 29.0. The maximum atomic E-state index is 6.93. The van der Waals surface area contributed by atoms with Gasteiger partial charge in [-0.15, -0.1) is 0 Å². The topological polar surface area (TPSA) is 44.1 Å². The third-order valence-electron chi connectivity index (χ3n) is 10.2. The second kappa shape index (κ2) is 11.6. The summed E-state index contributed by atoms with van der Waals surface area (Å²) in [5.74, 6) is 2.29. The first-order chi connectivity index (χ1) is 24.4. The number of aryl methyl sites for hydroxylation is 1. The summed E-state index contributed by atoms with van der Waals surface area (Å²) < 4.78 is 15.9. The standard InChI is InChI=1S/C46H38N2O2/c1-27(2)37-25-32(30-15-8-6-9-16-30)26-38(28(3)4)41(37)48-40-22-13-12-21-39(40)47-46(48)36-20-14-19-34-35-24-23-33-29(5)42(31-17-10-7-11-18-31)49-44(33)45(35)50-43(34)36/h6-28H,1-5H3. The molecule has 6 aromatic carbocycles. The molecule has 4 nitrogen and oxygen atoms in total. The lowest BCUT2D eigenvalue weighted by Crippen LogP contribution is -2.09. The molecular weight excluding hydrogens is 613 g/mol. The highest BCUT2D eigenvalue weighted by Crippen LogP contribution is 2.45. The zero-order chi connectivity index (χ0) is 34.1. The number of para-hydroxylation sites is 3. The van der Waals surface area contributed by atoms with E-state index in [0.717, 1.165) is 72.2 Å². The summed E-state index contributed by atoms with van der Waals surface area (Å²) in [4.78, 5) is 5.36. The van der Waals surface area contributed by atoms with Gasteiger partial charge < -0.3 is 8.83 Å². The summed E-state index contributed by atoms with van der Waals surface area (Å²) in [5, 5.41) is 3.13. The van der Waals surface area contributed by atoms with Gasteiger partial charge in [-0.2, -0.15) is 0 Å². The van der Waals surface area contributed by atoms with E-state index in [9.17, 15) is 0 Å². The van der Waals surface area contributed by atoms with Crippen molar-refractivity contribution in [2.24, 2.45) is 0 Å². The Morgan fingerprint density at radius 3 is 1.84 bits per heavy atom. The van der Waals surface area contributed by atoms with Gasteiger partial charge in [0.15, 0.2) is 11.2 Å². The minimum absolute atomic E-state index is 0.274. The number of fused-ring (bicyclic) bond motifs is 6. The molecule has 0 bridgehead atoms. The lowest BCUT2D eigenvalue weighted by molar-refractivity contribution is 0.610. The van der Waals surface area contributed by atoms with Gasteiger partial charge >= 0.3 is 0 Å². The monoisotopic (exact) mass is 650 g/mol. The Hall–Kier alpha value is -5.87. The largest absolute Gasteiger partial charge is 0.452 e. The summed E-state index contributed by atoms with van der Waals surface area (Å²) in [6.45, 7) is 11.3. The Kier molecular flexibility index (Phi) is 7.03. The summed E-state index contributed by atoms with van der Waals surface area (Å²) in [6, 6.07) is 45.0. The van der Waals surface area contributed by atoms with Crippen molar-refractivity contribution in [1.29, 1.82) is 0 Å². The third-order valence-corrected chi connectivity index (χ3v) is 10.2. The number of imidazole rings is 1. The maximum absolute atomic E-state index is 6.93. The molecule has 0 unspecified atom stereocenters. The molecule has 50 heavy (non-hydrogen) atoms. The first-order valence-corrected chi connectivity index (χ1v) is 17.5. The Morgan fingerprint density at radius 1 is 0.540 bits per heavy atom. The molecule has 0 saturated heterocycles. The van der Waals surface area contributed by atoms with Crippen LogP contribution in [0.4, 0.5) is 0 Å². The fourth-order valence-corrected chi connectivity index (χ4v) is 7.62. The number of nitrogens with zero attached hydrogens (tertiary/aromatic N) is 2. The van der Waals surface area contributed by atoms with E-state index in [4.69, 9.17) is 13.8 Å². The van der Waals surface area contributed by atoms with E-state index in [1.54, 1.807) is 0 Å². The van der Waals surface area contributed by atoms with Crippen molar-refractivity contribution in [3.8, 4) is 39.5 Å². The molecule has 0 N–H and O–H groups in total. The highest BCUT2D eigenvalue weighted by molar-refractivity contribution is 6.16. The molecule has 0 aliphatic rings. The van der Waals surface area contributed by atoms with E-state index < -0.39 is 0 Å². The first kappa shape index (κ1) is 30.2. The van der Waals surface area contributed by atoms with Gasteiger partial charge in [-0.1, -0.05) is 113 Å². The van der Waals surface area contributed by atoms with E-state index in [2.05, 4.69) is 148 Å². The van der Waals surface area contributed by atoms with Crippen molar-refractivity contribution in [3.05, 3.63) is 144 Å². The normalized spacial score (nSPS) is 12.1. The molecule has 0 aliphatic heterocycles. The lowest BCUT2D eigenvalue weighted by atomic mass is 9.88. The maximum Gasteiger partial charge on any atom is 0.178 e. The van der Waals surface area contributed by atoms with Gasteiger partial charge in [0.2, 0.25) is 0 Å². The van der Waals surface area contributed by atoms with Crippen LogP contribution in [0, 0.1) is 6.92 Å². The fraction of sp³-hybridized carbons (Fsp3) is 0.152. The molecule has 0 amide bonds. The molecule has 9 aromatic rings. The number of furan rings is 2. The highest BCUT2D eigenvalue weighted by Gasteiger charge is 2.26. The van der Waals surface area contributed by atoms with Gasteiger partial charge in [-0.25, -0.2) is 4.98 Å². The van der Waals surface area contributed by atoms with E-state index in [0.29, 0.717) is 0 Å². The molecule has 0 radical (unpaired) electrons. The van der Waals surface area contributed by atoms with Crippen LogP contribution in [-0.4, -0.2) is 9.55 Å². The lowest BCUT2D eigenvalue weighted by Gasteiger charge is -2.24. The quantitative estimate of drug-likeness (QED) is 0.180. The van der Waals surface area contributed by atoms with Crippen molar-refractivity contribution >= 4 is 43.9 Å². The predicted molar refractivity (Wildman–Crippen MR) is 207 cm³/mol. The Bertz CT molecular complexity index is 2680. The second-order valence-electron chi connectivity index (χ2n) is 14.0. The van der Waals surface area contributed by atoms with Gasteiger partial charge in [0.25, 0.3) is 0 Å². The number of aromatic nitrogens is 2. The molecule has 3 heterocycles. The molecule has 0 atom stereocenters. The van der Waals surface area contributed by atoms with Crippen LogP contribution in [0.15, 0.2) is 136 Å². The van der Waals surface area contributed by atoms with Gasteiger partial charge in [0.1, 0.15) is 17.2 Å². The van der Waals surface area contributed by atoms with Crippen LogP contribution in [0.2, 0.25) is 0 Å². The second-order valence-corrected chi connectivity index (χ2v) is 14.0. The molecule has 3 aromatic heterocycles. The van der Waals surface area contributed by atoms with Crippen LogP contribution in [0.1, 0.15) is 56.2 Å². The van der Waals surface area contributed by atoms with E-state index in [1.807, 2.05) is 18.2 Å². The molecule has 9 rings (SSSR count). The summed E-state index contributed by atoms with van der Waals surface area (Å²) in [7, 11) is 0. The van der Waals surface area contributed by atoms with Crippen molar-refractivity contribution < 1.29 is 8.83 Å².